The minimum Gasteiger partial charge on any atom is -0.507 e. The summed E-state index contributed by atoms with van der Waals surface area (Å²) in [5, 5.41) is 21.8. The molecule has 0 spiro atoms. The van der Waals surface area contributed by atoms with Crippen LogP contribution < -0.4 is 0 Å². The van der Waals surface area contributed by atoms with Crippen molar-refractivity contribution in [1.82, 2.24) is 0 Å². The van der Waals surface area contributed by atoms with Gasteiger partial charge in [0.15, 0.2) is 0 Å². The SMILES string of the molecule is [2H]C([2H])=C([C@@H]1CCC(C([2H])([2H])[2H])=C[C@H]1c1c(O)cc(CCCCc2ccccc2)cc1O)C([2H])([2H])[2H]. The van der Waals surface area contributed by atoms with Crippen LogP contribution in [0.1, 0.15) is 73.0 Å². The molecule has 0 fully saturated rings. The summed E-state index contributed by atoms with van der Waals surface area (Å²) in [6.45, 7) is -6.01. The van der Waals surface area contributed by atoms with E-state index in [1.165, 1.54) is 23.8 Å². The van der Waals surface area contributed by atoms with Gasteiger partial charge in [-0.3, -0.25) is 0 Å². The first-order chi connectivity index (χ1) is 16.8. The van der Waals surface area contributed by atoms with E-state index >= 15 is 0 Å². The van der Waals surface area contributed by atoms with E-state index in [4.69, 9.17) is 11.0 Å². The van der Waals surface area contributed by atoms with Gasteiger partial charge < -0.3 is 10.2 Å². The van der Waals surface area contributed by atoms with Crippen molar-refractivity contribution in [2.45, 2.75) is 58.1 Å². The molecule has 0 radical (unpaired) electrons. The maximum Gasteiger partial charge on any atom is 0.123 e. The Bertz CT molecular complexity index is 1090. The predicted molar refractivity (Wildman–Crippen MR) is 117 cm³/mol. The third-order valence-corrected chi connectivity index (χ3v) is 5.46. The van der Waals surface area contributed by atoms with E-state index in [0.29, 0.717) is 12.0 Å². The number of phenolic OH excluding ortho intramolecular Hbond substituents is 2. The smallest absolute Gasteiger partial charge is 0.123 e. The van der Waals surface area contributed by atoms with Gasteiger partial charge in [0.05, 0.1) is 2.74 Å². The molecule has 148 valence electrons. The molecular weight excluding hydrogens is 344 g/mol. The van der Waals surface area contributed by atoms with Crippen LogP contribution in [0.3, 0.4) is 0 Å². The Hall–Kier alpha value is -2.48. The predicted octanol–water partition coefficient (Wildman–Crippen LogP) is 6.68. The highest BCUT2D eigenvalue weighted by molar-refractivity contribution is 5.51. The fourth-order valence-corrected chi connectivity index (χ4v) is 3.98. The van der Waals surface area contributed by atoms with Crippen LogP contribution in [0.25, 0.3) is 0 Å². The van der Waals surface area contributed by atoms with Crippen LogP contribution in [-0.2, 0) is 12.8 Å². The summed E-state index contributed by atoms with van der Waals surface area (Å²) >= 11 is 0. The van der Waals surface area contributed by atoms with Crippen molar-refractivity contribution >= 4 is 0 Å². The Labute approximate surface area is 180 Å². The van der Waals surface area contributed by atoms with Crippen molar-refractivity contribution < 1.29 is 21.2 Å². The molecule has 3 rings (SSSR count). The molecule has 0 amide bonds. The number of unbranched alkanes of at least 4 members (excludes halogenated alkanes) is 1. The van der Waals surface area contributed by atoms with Crippen molar-refractivity contribution in [3.63, 3.8) is 0 Å². The van der Waals surface area contributed by atoms with Crippen LogP contribution in [0.2, 0.25) is 0 Å². The molecule has 2 N–H and O–H groups in total. The number of allylic oxidation sites excluding steroid dienone is 3. The molecule has 0 bridgehead atoms. The zero-order valence-electron chi connectivity index (χ0n) is 23.9. The lowest BCUT2D eigenvalue weighted by atomic mass is 9.73. The summed E-state index contributed by atoms with van der Waals surface area (Å²) in [4.78, 5) is 0. The quantitative estimate of drug-likeness (QED) is 0.413. The molecule has 2 aromatic rings. The molecule has 1 aliphatic carbocycles. The van der Waals surface area contributed by atoms with Crippen LogP contribution in [0, 0.1) is 5.92 Å². The molecule has 28 heavy (non-hydrogen) atoms. The van der Waals surface area contributed by atoms with E-state index in [1.807, 2.05) is 18.2 Å². The van der Waals surface area contributed by atoms with Crippen LogP contribution >= 0.6 is 0 Å². The highest BCUT2D eigenvalue weighted by atomic mass is 16.3. The Morgan fingerprint density at radius 1 is 1.11 bits per heavy atom. The van der Waals surface area contributed by atoms with Gasteiger partial charge in [0.2, 0.25) is 0 Å². The number of hydrogen-bond acceptors (Lipinski definition) is 2. The second-order valence-electron chi connectivity index (χ2n) is 7.52. The summed E-state index contributed by atoms with van der Waals surface area (Å²) in [5.41, 5.74) is 1.67. The number of phenols is 2. The van der Waals surface area contributed by atoms with E-state index in [-0.39, 0.29) is 35.5 Å². The molecule has 2 heteroatoms. The van der Waals surface area contributed by atoms with Crippen molar-refractivity contribution in [3.8, 4) is 11.5 Å². The molecule has 0 aliphatic heterocycles. The molecule has 0 saturated carbocycles. The second-order valence-corrected chi connectivity index (χ2v) is 7.52. The van der Waals surface area contributed by atoms with Gasteiger partial charge >= 0.3 is 0 Å². The van der Waals surface area contributed by atoms with Crippen LogP contribution in [-0.4, -0.2) is 10.2 Å². The highest BCUT2D eigenvalue weighted by Crippen LogP contribution is 2.46. The van der Waals surface area contributed by atoms with E-state index in [0.717, 1.165) is 19.3 Å². The molecule has 0 unspecified atom stereocenters. The number of aryl methyl sites for hydroxylation is 2. The highest BCUT2D eigenvalue weighted by Gasteiger charge is 2.30. The largest absolute Gasteiger partial charge is 0.507 e. The standard InChI is InChI=1S/C26H32O2/c1-18(2)22-14-13-19(3)15-23(22)26-24(27)16-21(17-25(26)28)12-8-7-11-20-9-5-4-6-10-20/h4-6,9-10,15-17,22-23,27-28H,1,7-8,11-14H2,2-3H3/t22-,23+/m0/s1/i1D2,2D3,3D3. The fraction of sp³-hybridized carbons (Fsp3) is 0.385. The summed E-state index contributed by atoms with van der Waals surface area (Å²) in [6.07, 6.45) is 4.80. The first-order valence-electron chi connectivity index (χ1n) is 13.8. The Kier molecular flexibility index (Phi) is 3.97. The maximum atomic E-state index is 10.9. The summed E-state index contributed by atoms with van der Waals surface area (Å²) < 4.78 is 62.5. The second kappa shape index (κ2) is 9.14. The summed E-state index contributed by atoms with van der Waals surface area (Å²) in [6, 6.07) is 13.1. The molecular formula is C26H32O2. The molecule has 2 nitrogen and oxygen atoms in total. The normalized spacial score (nSPS) is 24.2. The average Bonchev–Trinajstić information content (AvgIpc) is 2.76. The van der Waals surface area contributed by atoms with Crippen molar-refractivity contribution in [1.29, 1.82) is 0 Å². The lowest BCUT2D eigenvalue weighted by molar-refractivity contribution is 0.406. The van der Waals surface area contributed by atoms with Gasteiger partial charge in [-0.25, -0.2) is 0 Å². The molecule has 1 aliphatic rings. The topological polar surface area (TPSA) is 40.5 Å². The Morgan fingerprint density at radius 2 is 1.82 bits per heavy atom. The lowest BCUT2D eigenvalue weighted by Crippen LogP contribution is -2.17. The Balaban J connectivity index is 1.91. The molecule has 2 atom stereocenters. The Morgan fingerprint density at radius 3 is 2.46 bits per heavy atom. The maximum absolute atomic E-state index is 10.9. The van der Waals surface area contributed by atoms with Gasteiger partial charge in [0.25, 0.3) is 0 Å². The van der Waals surface area contributed by atoms with Gasteiger partial charge in [0, 0.05) is 19.7 Å². The van der Waals surface area contributed by atoms with Gasteiger partial charge in [-0.15, -0.1) is 0 Å². The number of hydrogen-bond donors (Lipinski definition) is 2. The average molecular weight is 385 g/mol. The van der Waals surface area contributed by atoms with E-state index in [2.05, 4.69) is 12.1 Å². The molecule has 2 aromatic carbocycles. The van der Waals surface area contributed by atoms with E-state index in [1.54, 1.807) is 0 Å². The zero-order chi connectivity index (χ0) is 26.7. The monoisotopic (exact) mass is 384 g/mol. The van der Waals surface area contributed by atoms with Gasteiger partial charge in [-0.2, -0.15) is 0 Å². The first kappa shape index (κ1) is 12.2. The van der Waals surface area contributed by atoms with Crippen molar-refractivity contribution in [2.24, 2.45) is 5.92 Å². The molecule has 0 saturated heterocycles. The number of aromatic hydroxyl groups is 2. The lowest BCUT2D eigenvalue weighted by Gasteiger charge is -2.31. The zero-order valence-corrected chi connectivity index (χ0v) is 15.9. The third kappa shape index (κ3) is 4.86. The van der Waals surface area contributed by atoms with Crippen molar-refractivity contribution in [3.05, 3.63) is 82.9 Å². The fourth-order valence-electron chi connectivity index (χ4n) is 3.98. The molecule has 0 heterocycles. The van der Waals surface area contributed by atoms with Crippen molar-refractivity contribution in [2.75, 3.05) is 0 Å². The van der Waals surface area contributed by atoms with E-state index in [9.17, 15) is 10.2 Å². The minimum absolute atomic E-state index is 0.0254. The number of rotatable bonds is 7. The van der Waals surface area contributed by atoms with Crippen LogP contribution in [0.4, 0.5) is 0 Å². The number of benzene rings is 2. The van der Waals surface area contributed by atoms with Gasteiger partial charge in [-0.1, -0.05) is 54.1 Å². The first-order valence-corrected chi connectivity index (χ1v) is 9.76. The van der Waals surface area contributed by atoms with Crippen LogP contribution in [0.15, 0.2) is 66.2 Å². The van der Waals surface area contributed by atoms with E-state index < -0.39 is 37.6 Å². The molecule has 0 aromatic heterocycles. The minimum atomic E-state index is -2.74. The summed E-state index contributed by atoms with van der Waals surface area (Å²) in [5.74, 6) is -2.44. The third-order valence-electron chi connectivity index (χ3n) is 5.46. The van der Waals surface area contributed by atoms with Gasteiger partial charge in [-0.05, 0) is 81.4 Å². The summed E-state index contributed by atoms with van der Waals surface area (Å²) in [7, 11) is 0. The van der Waals surface area contributed by atoms with Gasteiger partial charge in [0.1, 0.15) is 11.5 Å². The van der Waals surface area contributed by atoms with Crippen LogP contribution in [0.5, 0.6) is 11.5 Å².